The van der Waals surface area contributed by atoms with Crippen LogP contribution in [0.3, 0.4) is 0 Å². The molecule has 1 aliphatic heterocycles. The molecule has 0 spiro atoms. The maximum atomic E-state index is 11.8. The van der Waals surface area contributed by atoms with Crippen molar-refractivity contribution in [1.29, 1.82) is 0 Å². The van der Waals surface area contributed by atoms with E-state index >= 15 is 0 Å². The van der Waals surface area contributed by atoms with Crippen LogP contribution in [0.1, 0.15) is 24.2 Å². The molecule has 2 N–H and O–H groups in total. The van der Waals surface area contributed by atoms with Gasteiger partial charge in [0.05, 0.1) is 6.61 Å². The lowest BCUT2D eigenvalue weighted by Gasteiger charge is -2.41. The Hall–Kier alpha value is -2.18. The number of piperidine rings is 1. The number of rotatable bonds is 5. The third-order valence-electron chi connectivity index (χ3n) is 4.79. The van der Waals surface area contributed by atoms with Crippen LogP contribution in [0.15, 0.2) is 41.2 Å². The van der Waals surface area contributed by atoms with Crippen LogP contribution in [0, 0.1) is 0 Å². The highest BCUT2D eigenvalue weighted by molar-refractivity contribution is 5.40. The minimum Gasteiger partial charge on any atom is -0.395 e. The predicted molar refractivity (Wildman–Crippen MR) is 92.2 cm³/mol. The number of hydrogen-bond donors (Lipinski definition) is 2. The second kappa shape index (κ2) is 7.15. The summed E-state index contributed by atoms with van der Waals surface area (Å²) in [6.07, 6.45) is 1.64. The van der Waals surface area contributed by atoms with Gasteiger partial charge in [-0.05, 0) is 18.4 Å². The van der Waals surface area contributed by atoms with E-state index in [2.05, 4.69) is 27.0 Å². The number of methoxy groups -OCH3 is 1. The molecule has 6 nitrogen and oxygen atoms in total. The Balaban J connectivity index is 1.78. The van der Waals surface area contributed by atoms with Gasteiger partial charge in [-0.1, -0.05) is 30.3 Å². The summed E-state index contributed by atoms with van der Waals surface area (Å²) >= 11 is 0. The van der Waals surface area contributed by atoms with E-state index in [1.54, 1.807) is 7.11 Å². The quantitative estimate of drug-likeness (QED) is 0.868. The summed E-state index contributed by atoms with van der Waals surface area (Å²) in [5.74, 6) is 1.20. The molecule has 128 valence electrons. The molecule has 0 unspecified atom stereocenters. The molecular weight excluding hydrogens is 306 g/mol. The van der Waals surface area contributed by atoms with Crippen LogP contribution < -0.4 is 10.5 Å². The summed E-state index contributed by atoms with van der Waals surface area (Å²) in [4.78, 5) is 21.1. The maximum absolute atomic E-state index is 11.8. The highest BCUT2D eigenvalue weighted by Crippen LogP contribution is 2.35. The van der Waals surface area contributed by atoms with Crippen LogP contribution in [0.25, 0.3) is 0 Å². The third kappa shape index (κ3) is 3.34. The molecule has 24 heavy (non-hydrogen) atoms. The number of benzene rings is 1. The van der Waals surface area contributed by atoms with Crippen molar-refractivity contribution >= 4 is 5.82 Å². The Morgan fingerprint density at radius 2 is 2.00 bits per heavy atom. The van der Waals surface area contributed by atoms with Crippen LogP contribution in [-0.2, 0) is 16.8 Å². The smallest absolute Gasteiger partial charge is 0.253 e. The molecule has 1 aromatic carbocycles. The molecule has 0 radical (unpaired) electrons. The molecule has 1 aliphatic rings. The highest BCUT2D eigenvalue weighted by Gasteiger charge is 2.36. The standard InChI is InChI=1S/C18H23N3O3/c1-24-12-15-19-16(11-17(23)20-15)21-9-7-18(13-22,8-10-21)14-5-3-2-4-6-14/h2-6,11,22H,7-10,12-13H2,1H3,(H,19,20,23). The van der Waals surface area contributed by atoms with Crippen molar-refractivity contribution in [2.45, 2.75) is 24.9 Å². The topological polar surface area (TPSA) is 78.5 Å². The summed E-state index contributed by atoms with van der Waals surface area (Å²) in [5.41, 5.74) is 0.786. The second-order valence-corrected chi connectivity index (χ2v) is 6.27. The van der Waals surface area contributed by atoms with Crippen LogP contribution >= 0.6 is 0 Å². The van der Waals surface area contributed by atoms with E-state index in [1.165, 1.54) is 11.6 Å². The number of anilines is 1. The van der Waals surface area contributed by atoms with E-state index in [4.69, 9.17) is 4.74 Å². The number of H-pyrrole nitrogens is 1. The Morgan fingerprint density at radius 3 is 2.62 bits per heavy atom. The van der Waals surface area contributed by atoms with Crippen molar-refractivity contribution < 1.29 is 9.84 Å². The van der Waals surface area contributed by atoms with Gasteiger partial charge in [0.2, 0.25) is 0 Å². The van der Waals surface area contributed by atoms with Crippen molar-refractivity contribution in [3.05, 3.63) is 58.1 Å². The zero-order valence-electron chi connectivity index (χ0n) is 13.9. The first-order valence-corrected chi connectivity index (χ1v) is 8.17. The second-order valence-electron chi connectivity index (χ2n) is 6.27. The van der Waals surface area contributed by atoms with Gasteiger partial charge in [0.15, 0.2) is 0 Å². The number of nitrogens with one attached hydrogen (secondary N) is 1. The molecule has 1 aromatic heterocycles. The van der Waals surface area contributed by atoms with Crippen LogP contribution in [-0.4, -0.2) is 41.9 Å². The summed E-state index contributed by atoms with van der Waals surface area (Å²) < 4.78 is 5.05. The van der Waals surface area contributed by atoms with Gasteiger partial charge in [-0.3, -0.25) is 4.79 Å². The zero-order chi connectivity index (χ0) is 17.0. The highest BCUT2D eigenvalue weighted by atomic mass is 16.5. The molecule has 0 bridgehead atoms. The molecule has 1 saturated heterocycles. The molecule has 2 aromatic rings. The third-order valence-corrected chi connectivity index (χ3v) is 4.79. The van der Waals surface area contributed by atoms with E-state index in [1.807, 2.05) is 18.2 Å². The molecule has 0 amide bonds. The van der Waals surface area contributed by atoms with Gasteiger partial charge in [-0.25, -0.2) is 4.98 Å². The fourth-order valence-corrected chi connectivity index (χ4v) is 3.35. The van der Waals surface area contributed by atoms with E-state index in [0.29, 0.717) is 11.6 Å². The number of nitrogens with zero attached hydrogens (tertiary/aromatic N) is 2. The van der Waals surface area contributed by atoms with E-state index < -0.39 is 0 Å². The fraction of sp³-hybridized carbons (Fsp3) is 0.444. The average Bonchev–Trinajstić information content (AvgIpc) is 2.62. The van der Waals surface area contributed by atoms with Crippen molar-refractivity contribution in [1.82, 2.24) is 9.97 Å². The number of ether oxygens (including phenoxy) is 1. The monoisotopic (exact) mass is 329 g/mol. The van der Waals surface area contributed by atoms with E-state index in [0.717, 1.165) is 25.9 Å². The summed E-state index contributed by atoms with van der Waals surface area (Å²) in [5, 5.41) is 10.0. The molecule has 6 heteroatoms. The lowest BCUT2D eigenvalue weighted by atomic mass is 9.73. The summed E-state index contributed by atoms with van der Waals surface area (Å²) in [6.45, 7) is 1.90. The molecule has 2 heterocycles. The van der Waals surface area contributed by atoms with Crippen molar-refractivity contribution in [2.24, 2.45) is 0 Å². The number of hydrogen-bond acceptors (Lipinski definition) is 5. The van der Waals surface area contributed by atoms with Gasteiger partial charge in [0.25, 0.3) is 5.56 Å². The molecule has 3 rings (SSSR count). The lowest BCUT2D eigenvalue weighted by molar-refractivity contribution is 0.165. The number of aromatic nitrogens is 2. The van der Waals surface area contributed by atoms with Crippen LogP contribution in [0.2, 0.25) is 0 Å². The largest absolute Gasteiger partial charge is 0.395 e. The van der Waals surface area contributed by atoms with Crippen molar-refractivity contribution in [2.75, 3.05) is 31.7 Å². The van der Waals surface area contributed by atoms with Gasteiger partial charge in [0.1, 0.15) is 18.2 Å². The van der Waals surface area contributed by atoms with Gasteiger partial charge in [-0.2, -0.15) is 0 Å². The number of aliphatic hydroxyl groups is 1. The molecule has 1 fully saturated rings. The van der Waals surface area contributed by atoms with Crippen LogP contribution in [0.4, 0.5) is 5.82 Å². The van der Waals surface area contributed by atoms with Gasteiger partial charge >= 0.3 is 0 Å². The summed E-state index contributed by atoms with van der Waals surface area (Å²) in [6, 6.07) is 11.7. The SMILES string of the molecule is COCc1nc(N2CCC(CO)(c3ccccc3)CC2)cc(=O)[nH]1. The Labute approximate surface area is 141 Å². The molecule has 0 atom stereocenters. The summed E-state index contributed by atoms with van der Waals surface area (Å²) in [7, 11) is 1.57. The van der Waals surface area contributed by atoms with Crippen molar-refractivity contribution in [3.8, 4) is 0 Å². The van der Waals surface area contributed by atoms with Crippen LogP contribution in [0.5, 0.6) is 0 Å². The first-order valence-electron chi connectivity index (χ1n) is 8.17. The minimum absolute atomic E-state index is 0.128. The Morgan fingerprint density at radius 1 is 1.29 bits per heavy atom. The lowest BCUT2D eigenvalue weighted by Crippen LogP contribution is -2.45. The first-order chi connectivity index (χ1) is 11.7. The van der Waals surface area contributed by atoms with E-state index in [-0.39, 0.29) is 24.2 Å². The van der Waals surface area contributed by atoms with Crippen molar-refractivity contribution in [3.63, 3.8) is 0 Å². The van der Waals surface area contributed by atoms with Gasteiger partial charge in [0, 0.05) is 31.7 Å². The Bertz CT molecular complexity index is 722. The minimum atomic E-state index is -0.214. The molecular formula is C18H23N3O3. The number of aliphatic hydroxyl groups excluding tert-OH is 1. The molecule has 0 saturated carbocycles. The van der Waals surface area contributed by atoms with Gasteiger partial charge < -0.3 is 19.7 Å². The Kier molecular flexibility index (Phi) is 4.97. The number of aromatic amines is 1. The normalized spacial score (nSPS) is 17.0. The maximum Gasteiger partial charge on any atom is 0.253 e. The predicted octanol–water partition coefficient (Wildman–Crippen LogP) is 1.45. The fourth-order valence-electron chi connectivity index (χ4n) is 3.35. The molecule has 0 aliphatic carbocycles. The first kappa shape index (κ1) is 16.7. The van der Waals surface area contributed by atoms with E-state index in [9.17, 15) is 9.90 Å². The van der Waals surface area contributed by atoms with Gasteiger partial charge in [-0.15, -0.1) is 0 Å². The average molecular weight is 329 g/mol. The zero-order valence-corrected chi connectivity index (χ0v) is 13.9.